The maximum Gasteiger partial charge on any atom is 0.152 e. The van der Waals surface area contributed by atoms with Crippen LogP contribution in [0.25, 0.3) is 0 Å². The Morgan fingerprint density at radius 3 is 2.47 bits per heavy atom. The van der Waals surface area contributed by atoms with Gasteiger partial charge in [-0.3, -0.25) is 0 Å². The molecule has 15 heavy (non-hydrogen) atoms. The predicted octanol–water partition coefficient (Wildman–Crippen LogP) is 1.78. The molecule has 0 fully saturated rings. The summed E-state index contributed by atoms with van der Waals surface area (Å²) in [5.74, 6) is 0. The van der Waals surface area contributed by atoms with Crippen LogP contribution in [0.15, 0.2) is 12.1 Å². The van der Waals surface area contributed by atoms with Crippen LogP contribution in [0.3, 0.4) is 0 Å². The predicted molar refractivity (Wildman–Crippen MR) is 63.0 cm³/mol. The average Bonchev–Trinajstić information content (AvgIpc) is 2.62. The molecule has 1 heterocycles. The minimum Gasteiger partial charge on any atom is -0.386 e. The lowest BCUT2D eigenvalue weighted by Gasteiger charge is -2.15. The second-order valence-corrected chi connectivity index (χ2v) is 7.24. The fourth-order valence-electron chi connectivity index (χ4n) is 1.21. The van der Waals surface area contributed by atoms with Crippen molar-refractivity contribution in [3.8, 4) is 0 Å². The molecule has 2 unspecified atom stereocenters. The van der Waals surface area contributed by atoms with Crippen LogP contribution in [0.1, 0.15) is 29.7 Å². The molecule has 1 rings (SSSR count). The van der Waals surface area contributed by atoms with Crippen LogP contribution in [0.2, 0.25) is 0 Å². The van der Waals surface area contributed by atoms with Crippen molar-refractivity contribution < 1.29 is 13.5 Å². The van der Waals surface area contributed by atoms with E-state index in [1.54, 1.807) is 6.07 Å². The standard InChI is InChI=1S/C10H16O3S2/c1-4-8-5-6-9(14-8)10(11)7(2)15(3,12)13/h5-7,10-11H,4H2,1-3H3. The SMILES string of the molecule is CCc1ccc(C(O)C(C)S(C)(=O)=O)s1. The highest BCUT2D eigenvalue weighted by Crippen LogP contribution is 2.28. The summed E-state index contributed by atoms with van der Waals surface area (Å²) in [4.78, 5) is 1.88. The van der Waals surface area contributed by atoms with Gasteiger partial charge >= 0.3 is 0 Å². The Balaban J connectivity index is 2.89. The Hall–Kier alpha value is -0.390. The summed E-state index contributed by atoms with van der Waals surface area (Å²) in [6, 6.07) is 3.73. The lowest BCUT2D eigenvalue weighted by molar-refractivity contribution is 0.180. The maximum absolute atomic E-state index is 11.3. The van der Waals surface area contributed by atoms with Crippen molar-refractivity contribution in [2.45, 2.75) is 31.6 Å². The first kappa shape index (κ1) is 12.7. The van der Waals surface area contributed by atoms with Gasteiger partial charge in [0.1, 0.15) is 6.10 Å². The molecule has 1 aromatic heterocycles. The van der Waals surface area contributed by atoms with Crippen molar-refractivity contribution >= 4 is 21.2 Å². The number of thiophene rings is 1. The Morgan fingerprint density at radius 2 is 2.07 bits per heavy atom. The molecule has 0 spiro atoms. The molecule has 0 aliphatic rings. The molecule has 1 N–H and O–H groups in total. The highest BCUT2D eigenvalue weighted by atomic mass is 32.2. The van der Waals surface area contributed by atoms with E-state index in [1.807, 2.05) is 13.0 Å². The fourth-order valence-corrected chi connectivity index (χ4v) is 2.95. The van der Waals surface area contributed by atoms with E-state index < -0.39 is 21.2 Å². The number of rotatable bonds is 4. The second-order valence-electron chi connectivity index (χ2n) is 3.64. The Bertz CT molecular complexity index is 420. The Labute approximate surface area is 94.7 Å². The first-order chi connectivity index (χ1) is 6.86. The lowest BCUT2D eigenvalue weighted by atomic mass is 10.2. The molecular weight excluding hydrogens is 232 g/mol. The molecule has 1 aromatic rings. The van der Waals surface area contributed by atoms with Crippen LogP contribution in [-0.2, 0) is 16.3 Å². The summed E-state index contributed by atoms with van der Waals surface area (Å²) in [6.07, 6.45) is 1.14. The van der Waals surface area contributed by atoms with E-state index in [9.17, 15) is 13.5 Å². The fraction of sp³-hybridized carbons (Fsp3) is 0.600. The van der Waals surface area contributed by atoms with E-state index in [0.717, 1.165) is 22.4 Å². The zero-order valence-electron chi connectivity index (χ0n) is 9.10. The van der Waals surface area contributed by atoms with Crippen molar-refractivity contribution in [3.05, 3.63) is 21.9 Å². The molecule has 0 radical (unpaired) electrons. The smallest absolute Gasteiger partial charge is 0.152 e. The van der Waals surface area contributed by atoms with E-state index >= 15 is 0 Å². The van der Waals surface area contributed by atoms with Gasteiger partial charge in [0.2, 0.25) is 0 Å². The quantitative estimate of drug-likeness (QED) is 0.883. The van der Waals surface area contributed by atoms with Crippen molar-refractivity contribution in [2.24, 2.45) is 0 Å². The second kappa shape index (κ2) is 4.63. The monoisotopic (exact) mass is 248 g/mol. The third-order valence-electron chi connectivity index (χ3n) is 2.44. The molecule has 3 nitrogen and oxygen atoms in total. The van der Waals surface area contributed by atoms with Crippen molar-refractivity contribution in [1.29, 1.82) is 0 Å². The highest BCUT2D eigenvalue weighted by molar-refractivity contribution is 7.91. The molecule has 86 valence electrons. The average molecular weight is 248 g/mol. The van der Waals surface area contributed by atoms with Crippen LogP contribution in [-0.4, -0.2) is 25.0 Å². The molecule has 0 bridgehead atoms. The van der Waals surface area contributed by atoms with E-state index in [4.69, 9.17) is 0 Å². The number of sulfone groups is 1. The highest BCUT2D eigenvalue weighted by Gasteiger charge is 2.26. The molecule has 0 aromatic carbocycles. The van der Waals surface area contributed by atoms with Crippen molar-refractivity contribution in [1.82, 2.24) is 0 Å². The van der Waals surface area contributed by atoms with Gasteiger partial charge in [0.25, 0.3) is 0 Å². The number of aryl methyl sites for hydroxylation is 1. The van der Waals surface area contributed by atoms with Gasteiger partial charge in [-0.1, -0.05) is 6.92 Å². The van der Waals surface area contributed by atoms with E-state index in [2.05, 4.69) is 0 Å². The summed E-state index contributed by atoms with van der Waals surface area (Å²) in [5.41, 5.74) is 0. The van der Waals surface area contributed by atoms with Crippen LogP contribution in [0, 0.1) is 0 Å². The summed E-state index contributed by atoms with van der Waals surface area (Å²) in [5, 5.41) is 9.12. The molecule has 0 amide bonds. The molecule has 0 aliphatic heterocycles. The van der Waals surface area contributed by atoms with E-state index in [0.29, 0.717) is 0 Å². The number of hydrogen-bond acceptors (Lipinski definition) is 4. The zero-order valence-corrected chi connectivity index (χ0v) is 10.7. The van der Waals surface area contributed by atoms with E-state index in [1.165, 1.54) is 18.3 Å². The summed E-state index contributed by atoms with van der Waals surface area (Å²) >= 11 is 1.47. The van der Waals surface area contributed by atoms with Crippen molar-refractivity contribution in [2.75, 3.05) is 6.26 Å². The van der Waals surface area contributed by atoms with Gasteiger partial charge in [-0.2, -0.15) is 0 Å². The zero-order chi connectivity index (χ0) is 11.6. The summed E-state index contributed by atoms with van der Waals surface area (Å²) in [7, 11) is -3.19. The molecule has 0 saturated carbocycles. The first-order valence-electron chi connectivity index (χ1n) is 4.81. The molecular formula is C10H16O3S2. The molecule has 2 atom stereocenters. The third kappa shape index (κ3) is 3.03. The Morgan fingerprint density at radius 1 is 1.47 bits per heavy atom. The number of hydrogen-bond donors (Lipinski definition) is 1. The third-order valence-corrected chi connectivity index (χ3v) is 5.35. The largest absolute Gasteiger partial charge is 0.386 e. The number of aliphatic hydroxyl groups excluding tert-OH is 1. The molecule has 5 heteroatoms. The van der Waals surface area contributed by atoms with Gasteiger partial charge in [-0.25, -0.2) is 8.42 Å². The van der Waals surface area contributed by atoms with E-state index in [-0.39, 0.29) is 0 Å². The molecule has 0 aliphatic carbocycles. The summed E-state index contributed by atoms with van der Waals surface area (Å²) in [6.45, 7) is 3.56. The number of aliphatic hydroxyl groups is 1. The van der Waals surface area contributed by atoms with Crippen LogP contribution < -0.4 is 0 Å². The maximum atomic E-state index is 11.3. The lowest BCUT2D eigenvalue weighted by Crippen LogP contribution is -2.23. The topological polar surface area (TPSA) is 54.4 Å². The van der Waals surface area contributed by atoms with Crippen LogP contribution >= 0.6 is 11.3 Å². The van der Waals surface area contributed by atoms with Gasteiger partial charge in [-0.05, 0) is 25.5 Å². The van der Waals surface area contributed by atoms with Crippen molar-refractivity contribution in [3.63, 3.8) is 0 Å². The minimum atomic E-state index is -3.19. The van der Waals surface area contributed by atoms with Gasteiger partial charge < -0.3 is 5.11 Å². The van der Waals surface area contributed by atoms with Gasteiger partial charge in [-0.15, -0.1) is 11.3 Å². The van der Waals surface area contributed by atoms with Crippen LogP contribution in [0.5, 0.6) is 0 Å². The van der Waals surface area contributed by atoms with Crippen LogP contribution in [0.4, 0.5) is 0 Å². The van der Waals surface area contributed by atoms with Gasteiger partial charge in [0.05, 0.1) is 5.25 Å². The van der Waals surface area contributed by atoms with Gasteiger partial charge in [0, 0.05) is 16.0 Å². The van der Waals surface area contributed by atoms with Gasteiger partial charge in [0.15, 0.2) is 9.84 Å². The first-order valence-corrected chi connectivity index (χ1v) is 7.59. The summed E-state index contributed by atoms with van der Waals surface area (Å²) < 4.78 is 22.5. The molecule has 0 saturated heterocycles. The normalized spacial score (nSPS) is 16.3. The minimum absolute atomic E-state index is 0.727. The Kier molecular flexibility index (Phi) is 3.92.